The molecule has 1 unspecified atom stereocenters. The van der Waals surface area contributed by atoms with Crippen molar-refractivity contribution >= 4 is 11.8 Å². The summed E-state index contributed by atoms with van der Waals surface area (Å²) in [6.45, 7) is 6.37. The molecule has 0 rings (SSSR count). The van der Waals surface area contributed by atoms with E-state index >= 15 is 0 Å². The molecule has 0 bridgehead atoms. The zero-order valence-corrected chi connectivity index (χ0v) is 7.95. The number of rotatable bonds is 5. The molecule has 1 nitrogen and oxygen atoms in total. The first-order chi connectivity index (χ1) is 4.66. The summed E-state index contributed by atoms with van der Waals surface area (Å²) in [6.07, 6.45) is 3.26. The predicted molar refractivity (Wildman–Crippen MR) is 48.3 cm³/mol. The normalized spacial score (nSPS) is 14.1. The smallest absolute Gasteiger partial charge is 0.0995 e. The van der Waals surface area contributed by atoms with Crippen molar-refractivity contribution in [3.63, 3.8) is 0 Å². The van der Waals surface area contributed by atoms with Crippen LogP contribution in [0.1, 0.15) is 40.0 Å². The molecule has 0 aromatic heterocycles. The molecule has 1 N–H and O–H groups in total. The monoisotopic (exact) mass is 162 g/mol. The molecular formula is C8H18OS. The van der Waals surface area contributed by atoms with E-state index < -0.39 is 0 Å². The maximum Gasteiger partial charge on any atom is 0.0995 e. The molecule has 10 heavy (non-hydrogen) atoms. The molecule has 0 aliphatic heterocycles. The molecule has 0 heterocycles. The molecule has 0 spiro atoms. The van der Waals surface area contributed by atoms with E-state index in [0.29, 0.717) is 5.25 Å². The number of hydrogen-bond acceptors (Lipinski definition) is 2. The van der Waals surface area contributed by atoms with Crippen molar-refractivity contribution in [3.05, 3.63) is 0 Å². The van der Waals surface area contributed by atoms with Gasteiger partial charge in [0.2, 0.25) is 0 Å². The summed E-state index contributed by atoms with van der Waals surface area (Å²) in [4.78, 5) is 0. The van der Waals surface area contributed by atoms with Crippen LogP contribution in [-0.4, -0.2) is 15.8 Å². The van der Waals surface area contributed by atoms with Crippen LogP contribution >= 0.6 is 11.8 Å². The third kappa shape index (κ3) is 6.43. The van der Waals surface area contributed by atoms with E-state index in [1.807, 2.05) is 0 Å². The minimum Gasteiger partial charge on any atom is -0.382 e. The summed E-state index contributed by atoms with van der Waals surface area (Å²) in [6, 6.07) is 0. The van der Waals surface area contributed by atoms with Crippen LogP contribution in [0.4, 0.5) is 0 Å². The van der Waals surface area contributed by atoms with Crippen molar-refractivity contribution < 1.29 is 5.11 Å². The number of hydrogen-bond donors (Lipinski definition) is 1. The molecule has 0 saturated carbocycles. The quantitative estimate of drug-likeness (QED) is 0.627. The highest BCUT2D eigenvalue weighted by atomic mass is 32.2. The summed E-state index contributed by atoms with van der Waals surface area (Å²) in [5.41, 5.74) is -0.139. The Balaban J connectivity index is 3.16. The first kappa shape index (κ1) is 10.3. The topological polar surface area (TPSA) is 20.2 Å². The van der Waals surface area contributed by atoms with Gasteiger partial charge < -0.3 is 5.11 Å². The van der Waals surface area contributed by atoms with Crippen LogP contribution in [0.25, 0.3) is 0 Å². The van der Waals surface area contributed by atoms with Gasteiger partial charge in [-0.1, -0.05) is 33.6 Å². The van der Waals surface area contributed by atoms with Crippen molar-refractivity contribution in [3.8, 4) is 0 Å². The summed E-state index contributed by atoms with van der Waals surface area (Å²) < 4.78 is 0. The van der Waals surface area contributed by atoms with Crippen LogP contribution in [0, 0.1) is 0 Å². The molecule has 0 saturated heterocycles. The van der Waals surface area contributed by atoms with E-state index in [1.165, 1.54) is 6.42 Å². The van der Waals surface area contributed by atoms with Gasteiger partial charge in [0.15, 0.2) is 0 Å². The van der Waals surface area contributed by atoms with Gasteiger partial charge in [-0.25, -0.2) is 0 Å². The minimum absolute atomic E-state index is 0.139. The standard InChI is InChI=1S/C8H18OS/c1-4-5-6-8(9)10-7(2)3/h7-9H,4-6H2,1-3H3. The highest BCUT2D eigenvalue weighted by molar-refractivity contribution is 8.00. The van der Waals surface area contributed by atoms with Gasteiger partial charge >= 0.3 is 0 Å². The number of unbranched alkanes of at least 4 members (excludes halogenated alkanes) is 1. The summed E-state index contributed by atoms with van der Waals surface area (Å²) in [7, 11) is 0. The Morgan fingerprint density at radius 2 is 2.00 bits per heavy atom. The third-order valence-electron chi connectivity index (χ3n) is 1.23. The minimum atomic E-state index is -0.139. The van der Waals surface area contributed by atoms with Gasteiger partial charge in [-0.05, 0) is 6.42 Å². The molecule has 1 atom stereocenters. The molecule has 62 valence electrons. The van der Waals surface area contributed by atoms with Crippen LogP contribution in [0.5, 0.6) is 0 Å². The molecule has 2 heteroatoms. The highest BCUT2D eigenvalue weighted by Gasteiger charge is 2.05. The van der Waals surface area contributed by atoms with Crippen molar-refractivity contribution in [2.45, 2.75) is 50.7 Å². The van der Waals surface area contributed by atoms with Crippen molar-refractivity contribution in [1.82, 2.24) is 0 Å². The third-order valence-corrected chi connectivity index (χ3v) is 2.33. The van der Waals surface area contributed by atoms with Gasteiger partial charge in [-0.3, -0.25) is 0 Å². The van der Waals surface area contributed by atoms with Gasteiger partial charge in [0.1, 0.15) is 0 Å². The maximum absolute atomic E-state index is 9.31. The van der Waals surface area contributed by atoms with Crippen molar-refractivity contribution in [2.75, 3.05) is 0 Å². The Morgan fingerprint density at radius 3 is 2.40 bits per heavy atom. The Labute approximate surface area is 68.2 Å². The largest absolute Gasteiger partial charge is 0.382 e. The van der Waals surface area contributed by atoms with E-state index in [1.54, 1.807) is 11.8 Å². The predicted octanol–water partition coefficient (Wildman–Crippen LogP) is 2.64. The number of thioether (sulfide) groups is 1. The lowest BCUT2D eigenvalue weighted by molar-refractivity contribution is 0.248. The number of aliphatic hydroxyl groups excluding tert-OH is 1. The van der Waals surface area contributed by atoms with Crippen LogP contribution in [0.15, 0.2) is 0 Å². The Bertz CT molecular complexity index is 73.7. The van der Waals surface area contributed by atoms with E-state index in [-0.39, 0.29) is 5.44 Å². The average Bonchev–Trinajstić information content (AvgIpc) is 1.82. The van der Waals surface area contributed by atoms with E-state index in [2.05, 4.69) is 20.8 Å². The molecule has 0 aromatic carbocycles. The van der Waals surface area contributed by atoms with Crippen molar-refractivity contribution in [1.29, 1.82) is 0 Å². The lowest BCUT2D eigenvalue weighted by Crippen LogP contribution is -2.04. The highest BCUT2D eigenvalue weighted by Crippen LogP contribution is 2.19. The Morgan fingerprint density at radius 1 is 1.40 bits per heavy atom. The zero-order valence-electron chi connectivity index (χ0n) is 7.13. The van der Waals surface area contributed by atoms with E-state index in [9.17, 15) is 5.11 Å². The molecule has 0 aliphatic rings. The molecule has 0 aromatic rings. The lowest BCUT2D eigenvalue weighted by Gasteiger charge is -2.11. The fourth-order valence-corrected chi connectivity index (χ4v) is 1.69. The Hall–Kier alpha value is 0.310. The van der Waals surface area contributed by atoms with Gasteiger partial charge in [0.05, 0.1) is 5.44 Å². The first-order valence-electron chi connectivity index (χ1n) is 4.00. The lowest BCUT2D eigenvalue weighted by atomic mass is 10.3. The fourth-order valence-electron chi connectivity index (χ4n) is 0.761. The fraction of sp³-hybridized carbons (Fsp3) is 1.00. The van der Waals surface area contributed by atoms with Crippen LogP contribution in [0.3, 0.4) is 0 Å². The SMILES string of the molecule is CCCCC(O)SC(C)C. The molecule has 0 radical (unpaired) electrons. The molecule has 0 aliphatic carbocycles. The second-order valence-corrected chi connectivity index (χ2v) is 4.54. The molecule has 0 amide bonds. The Kier molecular flexibility index (Phi) is 6.24. The summed E-state index contributed by atoms with van der Waals surface area (Å²) >= 11 is 1.65. The second-order valence-electron chi connectivity index (χ2n) is 2.78. The number of aliphatic hydroxyl groups is 1. The van der Waals surface area contributed by atoms with Crippen LogP contribution < -0.4 is 0 Å². The van der Waals surface area contributed by atoms with Gasteiger partial charge in [-0.2, -0.15) is 0 Å². The summed E-state index contributed by atoms with van der Waals surface area (Å²) in [5, 5.41) is 9.86. The second kappa shape index (κ2) is 6.05. The molecule has 0 fully saturated rings. The average molecular weight is 162 g/mol. The zero-order chi connectivity index (χ0) is 7.98. The van der Waals surface area contributed by atoms with E-state index in [0.717, 1.165) is 12.8 Å². The summed E-state index contributed by atoms with van der Waals surface area (Å²) in [5.74, 6) is 0. The van der Waals surface area contributed by atoms with Gasteiger partial charge in [0.25, 0.3) is 0 Å². The van der Waals surface area contributed by atoms with Crippen LogP contribution in [-0.2, 0) is 0 Å². The molecular weight excluding hydrogens is 144 g/mol. The van der Waals surface area contributed by atoms with Gasteiger partial charge in [0, 0.05) is 5.25 Å². The van der Waals surface area contributed by atoms with Gasteiger partial charge in [-0.15, -0.1) is 11.8 Å². The maximum atomic E-state index is 9.31. The first-order valence-corrected chi connectivity index (χ1v) is 4.94. The van der Waals surface area contributed by atoms with E-state index in [4.69, 9.17) is 0 Å². The van der Waals surface area contributed by atoms with Crippen LogP contribution in [0.2, 0.25) is 0 Å². The van der Waals surface area contributed by atoms with Crippen molar-refractivity contribution in [2.24, 2.45) is 0 Å².